The van der Waals surface area contributed by atoms with E-state index in [0.717, 1.165) is 13.1 Å². The van der Waals surface area contributed by atoms with Gasteiger partial charge in [-0.15, -0.1) is 16.4 Å². The SMILES string of the molecule is Cn1nc(-c2cc(Br)c(Br)s2)nc1N. The van der Waals surface area contributed by atoms with E-state index in [1.165, 1.54) is 0 Å². The first-order valence-electron chi connectivity index (χ1n) is 3.69. The number of thiophene rings is 1. The second-order valence-electron chi connectivity index (χ2n) is 2.65. The van der Waals surface area contributed by atoms with Crippen molar-refractivity contribution in [3.05, 3.63) is 14.3 Å². The number of aromatic nitrogens is 3. The fraction of sp³-hybridized carbons (Fsp3) is 0.143. The van der Waals surface area contributed by atoms with Gasteiger partial charge in [0.2, 0.25) is 5.95 Å². The van der Waals surface area contributed by atoms with Gasteiger partial charge in [-0.05, 0) is 37.9 Å². The molecule has 0 bridgehead atoms. The normalized spacial score (nSPS) is 10.8. The zero-order chi connectivity index (χ0) is 10.3. The minimum absolute atomic E-state index is 0.417. The van der Waals surface area contributed by atoms with E-state index in [1.54, 1.807) is 23.1 Å². The summed E-state index contributed by atoms with van der Waals surface area (Å²) in [5, 5.41) is 4.18. The lowest BCUT2D eigenvalue weighted by molar-refractivity contribution is 0.781. The lowest BCUT2D eigenvalue weighted by Crippen LogP contribution is -1.97. The fourth-order valence-electron chi connectivity index (χ4n) is 0.958. The van der Waals surface area contributed by atoms with Crippen LogP contribution in [-0.4, -0.2) is 14.8 Å². The van der Waals surface area contributed by atoms with E-state index in [2.05, 4.69) is 41.9 Å². The highest BCUT2D eigenvalue weighted by Crippen LogP contribution is 2.36. The number of nitrogens with two attached hydrogens (primary N) is 1. The van der Waals surface area contributed by atoms with Gasteiger partial charge >= 0.3 is 0 Å². The molecule has 0 spiro atoms. The molecule has 0 radical (unpaired) electrons. The van der Waals surface area contributed by atoms with E-state index < -0.39 is 0 Å². The summed E-state index contributed by atoms with van der Waals surface area (Å²) in [6.45, 7) is 0. The number of hydrogen-bond acceptors (Lipinski definition) is 4. The molecule has 0 saturated carbocycles. The predicted octanol–water partition coefficient (Wildman–Crippen LogP) is 2.65. The third kappa shape index (κ3) is 1.71. The van der Waals surface area contributed by atoms with E-state index in [9.17, 15) is 0 Å². The Morgan fingerprint density at radius 3 is 2.64 bits per heavy atom. The Bertz CT molecular complexity index is 393. The monoisotopic (exact) mass is 336 g/mol. The molecule has 0 unspecified atom stereocenters. The molecule has 2 aromatic rings. The van der Waals surface area contributed by atoms with Crippen LogP contribution in [0.25, 0.3) is 10.7 Å². The Morgan fingerprint density at radius 2 is 2.21 bits per heavy atom. The topological polar surface area (TPSA) is 56.7 Å². The summed E-state index contributed by atoms with van der Waals surface area (Å²) in [7, 11) is 1.77. The number of hydrogen-bond donors (Lipinski definition) is 1. The van der Waals surface area contributed by atoms with Crippen LogP contribution in [-0.2, 0) is 7.05 Å². The molecule has 74 valence electrons. The molecule has 4 nitrogen and oxygen atoms in total. The lowest BCUT2D eigenvalue weighted by Gasteiger charge is -1.85. The van der Waals surface area contributed by atoms with Crippen LogP contribution in [0.3, 0.4) is 0 Å². The highest BCUT2D eigenvalue weighted by Gasteiger charge is 2.11. The van der Waals surface area contributed by atoms with E-state index in [0.29, 0.717) is 11.8 Å². The van der Waals surface area contributed by atoms with Crippen LogP contribution in [0, 0.1) is 0 Å². The summed E-state index contributed by atoms with van der Waals surface area (Å²) in [5.41, 5.74) is 5.59. The largest absolute Gasteiger partial charge is 0.368 e. The van der Waals surface area contributed by atoms with Gasteiger partial charge in [-0.2, -0.15) is 4.98 Å². The minimum atomic E-state index is 0.417. The zero-order valence-electron chi connectivity index (χ0n) is 7.16. The van der Waals surface area contributed by atoms with Crippen LogP contribution in [0.4, 0.5) is 5.95 Å². The molecule has 14 heavy (non-hydrogen) atoms. The number of halogens is 2. The highest BCUT2D eigenvalue weighted by molar-refractivity contribution is 9.13. The molecule has 2 rings (SSSR count). The van der Waals surface area contributed by atoms with Gasteiger partial charge in [0.25, 0.3) is 0 Å². The second-order valence-corrected chi connectivity index (χ2v) is 5.87. The molecule has 2 N–H and O–H groups in total. The third-order valence-electron chi connectivity index (χ3n) is 1.66. The summed E-state index contributed by atoms with van der Waals surface area (Å²) >= 11 is 8.39. The first-order chi connectivity index (χ1) is 6.58. The van der Waals surface area contributed by atoms with Gasteiger partial charge in [-0.1, -0.05) is 0 Å². The summed E-state index contributed by atoms with van der Waals surface area (Å²) in [6, 6.07) is 1.96. The highest BCUT2D eigenvalue weighted by atomic mass is 79.9. The first kappa shape index (κ1) is 10.1. The molecule has 0 atom stereocenters. The second kappa shape index (κ2) is 3.63. The number of nitrogen functional groups attached to an aromatic ring is 1. The number of rotatable bonds is 1. The van der Waals surface area contributed by atoms with Crippen molar-refractivity contribution in [3.8, 4) is 10.7 Å². The van der Waals surface area contributed by atoms with Crippen LogP contribution < -0.4 is 5.73 Å². The molecule has 0 saturated heterocycles. The maximum atomic E-state index is 5.59. The molecule has 0 aromatic carbocycles. The van der Waals surface area contributed by atoms with Gasteiger partial charge in [0.05, 0.1) is 8.66 Å². The average Bonchev–Trinajstić information content (AvgIpc) is 2.60. The van der Waals surface area contributed by atoms with Crippen molar-refractivity contribution in [2.75, 3.05) is 5.73 Å². The Kier molecular flexibility index (Phi) is 2.63. The quantitative estimate of drug-likeness (QED) is 0.870. The van der Waals surface area contributed by atoms with Crippen LogP contribution in [0.5, 0.6) is 0 Å². The van der Waals surface area contributed by atoms with E-state index in [4.69, 9.17) is 5.73 Å². The fourth-order valence-corrected chi connectivity index (χ4v) is 2.92. The number of nitrogens with zero attached hydrogens (tertiary/aromatic N) is 3. The molecule has 0 aliphatic rings. The molecule has 2 heterocycles. The average molecular weight is 338 g/mol. The number of anilines is 1. The molecule has 0 fully saturated rings. The maximum absolute atomic E-state index is 5.59. The predicted molar refractivity (Wildman–Crippen MR) is 64.1 cm³/mol. The third-order valence-corrected chi connectivity index (χ3v) is 4.91. The zero-order valence-corrected chi connectivity index (χ0v) is 11.1. The first-order valence-corrected chi connectivity index (χ1v) is 6.10. The Morgan fingerprint density at radius 1 is 1.50 bits per heavy atom. The van der Waals surface area contributed by atoms with E-state index in [1.807, 2.05) is 6.07 Å². The van der Waals surface area contributed by atoms with Gasteiger partial charge in [0, 0.05) is 11.5 Å². The van der Waals surface area contributed by atoms with Gasteiger partial charge < -0.3 is 5.73 Å². The molecule has 0 aliphatic carbocycles. The summed E-state index contributed by atoms with van der Waals surface area (Å²) in [4.78, 5) is 5.12. The van der Waals surface area contributed by atoms with Crippen molar-refractivity contribution >= 4 is 49.1 Å². The lowest BCUT2D eigenvalue weighted by atomic mass is 10.4. The summed E-state index contributed by atoms with van der Waals surface area (Å²) < 4.78 is 3.58. The van der Waals surface area contributed by atoms with Crippen LogP contribution in [0.1, 0.15) is 0 Å². The van der Waals surface area contributed by atoms with Crippen molar-refractivity contribution in [3.63, 3.8) is 0 Å². The molecular weight excluding hydrogens is 332 g/mol. The molecule has 0 amide bonds. The maximum Gasteiger partial charge on any atom is 0.218 e. The van der Waals surface area contributed by atoms with Gasteiger partial charge in [0.15, 0.2) is 5.82 Å². The van der Waals surface area contributed by atoms with Crippen molar-refractivity contribution < 1.29 is 0 Å². The van der Waals surface area contributed by atoms with Crippen LogP contribution in [0.15, 0.2) is 14.3 Å². The van der Waals surface area contributed by atoms with Crippen LogP contribution >= 0.6 is 43.2 Å². The summed E-state index contributed by atoms with van der Waals surface area (Å²) in [6.07, 6.45) is 0. The smallest absolute Gasteiger partial charge is 0.218 e. The summed E-state index contributed by atoms with van der Waals surface area (Å²) in [5.74, 6) is 1.07. The minimum Gasteiger partial charge on any atom is -0.368 e. The Labute approximate surface area is 101 Å². The standard InChI is InChI=1S/C7H6Br2N4S/c1-13-7(10)11-6(12-13)4-2-3(8)5(9)14-4/h2H,1H3,(H2,10,11,12). The Balaban J connectivity index is 2.49. The van der Waals surface area contributed by atoms with Crippen molar-refractivity contribution in [2.24, 2.45) is 7.05 Å². The Hall–Kier alpha value is -0.400. The number of aryl methyl sites for hydroxylation is 1. The van der Waals surface area contributed by atoms with Gasteiger partial charge in [0.1, 0.15) is 0 Å². The van der Waals surface area contributed by atoms with E-state index in [-0.39, 0.29) is 0 Å². The molecular formula is C7H6Br2N4S. The van der Waals surface area contributed by atoms with E-state index >= 15 is 0 Å². The van der Waals surface area contributed by atoms with Gasteiger partial charge in [-0.3, -0.25) is 0 Å². The molecule has 0 aliphatic heterocycles. The molecule has 7 heteroatoms. The molecule has 2 aromatic heterocycles. The van der Waals surface area contributed by atoms with Crippen molar-refractivity contribution in [2.45, 2.75) is 0 Å². The van der Waals surface area contributed by atoms with Crippen LogP contribution in [0.2, 0.25) is 0 Å². The van der Waals surface area contributed by atoms with Gasteiger partial charge in [-0.25, -0.2) is 4.68 Å². The van der Waals surface area contributed by atoms with Crippen molar-refractivity contribution in [1.29, 1.82) is 0 Å². The van der Waals surface area contributed by atoms with Crippen molar-refractivity contribution in [1.82, 2.24) is 14.8 Å².